The van der Waals surface area contributed by atoms with Gasteiger partial charge in [-0.3, -0.25) is 9.59 Å². The fraction of sp³-hybridized carbons (Fsp3) is 0.417. The lowest BCUT2D eigenvalue weighted by atomic mass is 10.1. The standard InChI is InChI=1S/C24H29N3O3/c1-17-6-8-19(9-7-17)23(28)25-20-10-11-22-21(16-20)27(24(29)18(2)30-22)15-14-26-12-4-3-5-13-26/h6-11,16,18H,3-5,12-15H2,1-2H3,(H,25,28). The first-order valence-electron chi connectivity index (χ1n) is 10.7. The minimum Gasteiger partial charge on any atom is -0.479 e. The van der Waals surface area contributed by atoms with E-state index in [1.165, 1.54) is 19.3 Å². The Morgan fingerprint density at radius 2 is 1.80 bits per heavy atom. The Hall–Kier alpha value is -2.86. The smallest absolute Gasteiger partial charge is 0.267 e. The van der Waals surface area contributed by atoms with Gasteiger partial charge in [-0.05, 0) is 70.1 Å². The van der Waals surface area contributed by atoms with Crippen molar-refractivity contribution in [1.82, 2.24) is 4.90 Å². The van der Waals surface area contributed by atoms with Crippen molar-refractivity contribution in [2.24, 2.45) is 0 Å². The molecule has 1 fully saturated rings. The molecule has 30 heavy (non-hydrogen) atoms. The molecule has 0 aliphatic carbocycles. The zero-order valence-electron chi connectivity index (χ0n) is 17.7. The molecule has 1 unspecified atom stereocenters. The van der Waals surface area contributed by atoms with Gasteiger partial charge < -0.3 is 19.9 Å². The maximum Gasteiger partial charge on any atom is 0.267 e. The molecular formula is C24H29N3O3. The Balaban J connectivity index is 1.52. The monoisotopic (exact) mass is 407 g/mol. The van der Waals surface area contributed by atoms with Crippen LogP contribution in [0.4, 0.5) is 11.4 Å². The molecule has 0 saturated carbocycles. The predicted octanol–water partition coefficient (Wildman–Crippen LogP) is 3.85. The molecule has 6 heteroatoms. The molecule has 1 N–H and O–H groups in total. The number of carbonyl (C=O) groups is 2. The number of aryl methyl sites for hydroxylation is 1. The highest BCUT2D eigenvalue weighted by Gasteiger charge is 2.32. The third-order valence-corrected chi connectivity index (χ3v) is 5.83. The van der Waals surface area contributed by atoms with E-state index in [1.54, 1.807) is 11.8 Å². The summed E-state index contributed by atoms with van der Waals surface area (Å²) in [6.07, 6.45) is 3.22. The molecule has 2 aliphatic rings. The highest BCUT2D eigenvalue weighted by molar-refractivity contribution is 6.05. The van der Waals surface area contributed by atoms with Crippen LogP contribution >= 0.6 is 0 Å². The number of rotatable bonds is 5. The van der Waals surface area contributed by atoms with E-state index in [-0.39, 0.29) is 11.8 Å². The normalized spacial score (nSPS) is 19.2. The number of nitrogens with one attached hydrogen (secondary N) is 1. The minimum atomic E-state index is -0.508. The summed E-state index contributed by atoms with van der Waals surface area (Å²) in [4.78, 5) is 29.7. The number of fused-ring (bicyclic) bond motifs is 1. The molecule has 1 atom stereocenters. The van der Waals surface area contributed by atoms with Gasteiger partial charge >= 0.3 is 0 Å². The Kier molecular flexibility index (Phi) is 6.04. The van der Waals surface area contributed by atoms with Crippen molar-refractivity contribution in [1.29, 1.82) is 0 Å². The molecule has 158 valence electrons. The van der Waals surface area contributed by atoms with Crippen LogP contribution in [0.25, 0.3) is 0 Å². The lowest BCUT2D eigenvalue weighted by Crippen LogP contribution is -2.48. The number of amides is 2. The van der Waals surface area contributed by atoms with Gasteiger partial charge in [-0.25, -0.2) is 0 Å². The molecule has 2 aliphatic heterocycles. The summed E-state index contributed by atoms with van der Waals surface area (Å²) in [6.45, 7) is 7.42. The summed E-state index contributed by atoms with van der Waals surface area (Å²) in [5.74, 6) is 0.460. The van der Waals surface area contributed by atoms with Gasteiger partial charge in [0.15, 0.2) is 6.10 Å². The Morgan fingerprint density at radius 1 is 1.07 bits per heavy atom. The van der Waals surface area contributed by atoms with Gasteiger partial charge in [0.2, 0.25) is 0 Å². The van der Waals surface area contributed by atoms with Gasteiger partial charge in [0.25, 0.3) is 11.8 Å². The molecule has 1 saturated heterocycles. The van der Waals surface area contributed by atoms with Crippen LogP contribution in [0.3, 0.4) is 0 Å². The van der Waals surface area contributed by atoms with Crippen molar-refractivity contribution in [2.75, 3.05) is 36.4 Å². The number of hydrogen-bond donors (Lipinski definition) is 1. The molecule has 2 aromatic carbocycles. The van der Waals surface area contributed by atoms with Crippen LogP contribution < -0.4 is 15.0 Å². The number of anilines is 2. The van der Waals surface area contributed by atoms with Crippen LogP contribution in [0.1, 0.15) is 42.1 Å². The molecule has 4 rings (SSSR count). The van der Waals surface area contributed by atoms with Crippen LogP contribution in [-0.2, 0) is 4.79 Å². The Labute approximate surface area is 177 Å². The van der Waals surface area contributed by atoms with Crippen molar-refractivity contribution in [2.45, 2.75) is 39.2 Å². The second-order valence-corrected chi connectivity index (χ2v) is 8.15. The Morgan fingerprint density at radius 3 is 2.53 bits per heavy atom. The first-order chi connectivity index (χ1) is 14.5. The van der Waals surface area contributed by atoms with Crippen LogP contribution in [-0.4, -0.2) is 49.0 Å². The topological polar surface area (TPSA) is 61.9 Å². The van der Waals surface area contributed by atoms with E-state index in [9.17, 15) is 9.59 Å². The lowest BCUT2D eigenvalue weighted by Gasteiger charge is -2.35. The number of hydrogen-bond acceptors (Lipinski definition) is 4. The number of nitrogens with zero attached hydrogens (tertiary/aromatic N) is 2. The summed E-state index contributed by atoms with van der Waals surface area (Å²) >= 11 is 0. The van der Waals surface area contributed by atoms with Gasteiger partial charge in [-0.1, -0.05) is 24.1 Å². The largest absolute Gasteiger partial charge is 0.479 e. The van der Waals surface area contributed by atoms with Crippen LogP contribution in [0.15, 0.2) is 42.5 Å². The number of carbonyl (C=O) groups excluding carboxylic acids is 2. The molecule has 0 aromatic heterocycles. The van der Waals surface area contributed by atoms with Gasteiger partial charge in [-0.15, -0.1) is 0 Å². The predicted molar refractivity (Wildman–Crippen MR) is 118 cm³/mol. The second-order valence-electron chi connectivity index (χ2n) is 8.15. The number of ether oxygens (including phenoxy) is 1. The summed E-state index contributed by atoms with van der Waals surface area (Å²) in [5, 5.41) is 2.94. The van der Waals surface area contributed by atoms with Crippen molar-refractivity contribution in [3.05, 3.63) is 53.6 Å². The summed E-state index contributed by atoms with van der Waals surface area (Å²) in [7, 11) is 0. The molecule has 0 bridgehead atoms. The van der Waals surface area contributed by atoms with Crippen molar-refractivity contribution in [3.8, 4) is 5.75 Å². The van der Waals surface area contributed by atoms with Crippen molar-refractivity contribution in [3.63, 3.8) is 0 Å². The van der Waals surface area contributed by atoms with Gasteiger partial charge in [-0.2, -0.15) is 0 Å². The van der Waals surface area contributed by atoms with E-state index in [0.717, 1.165) is 30.9 Å². The Bertz CT molecular complexity index is 920. The third-order valence-electron chi connectivity index (χ3n) is 5.83. The minimum absolute atomic E-state index is 0.0403. The molecular weight excluding hydrogens is 378 g/mol. The summed E-state index contributed by atoms with van der Waals surface area (Å²) in [5.41, 5.74) is 3.07. The van der Waals surface area contributed by atoms with Crippen molar-refractivity contribution < 1.29 is 14.3 Å². The lowest BCUT2D eigenvalue weighted by molar-refractivity contribution is -0.125. The average Bonchev–Trinajstić information content (AvgIpc) is 2.75. The molecule has 0 radical (unpaired) electrons. The number of benzene rings is 2. The number of piperidine rings is 1. The first kappa shape index (κ1) is 20.4. The van der Waals surface area contributed by atoms with E-state index in [2.05, 4.69) is 10.2 Å². The molecule has 0 spiro atoms. The molecule has 2 heterocycles. The maximum atomic E-state index is 12.8. The first-order valence-corrected chi connectivity index (χ1v) is 10.7. The van der Waals surface area contributed by atoms with E-state index < -0.39 is 6.10 Å². The van der Waals surface area contributed by atoms with Crippen LogP contribution in [0, 0.1) is 6.92 Å². The molecule has 2 amide bonds. The van der Waals surface area contributed by atoms with Crippen LogP contribution in [0.5, 0.6) is 5.75 Å². The average molecular weight is 408 g/mol. The molecule has 6 nitrogen and oxygen atoms in total. The van der Waals surface area contributed by atoms with Crippen LogP contribution in [0.2, 0.25) is 0 Å². The molecule has 2 aromatic rings. The second kappa shape index (κ2) is 8.88. The fourth-order valence-corrected chi connectivity index (χ4v) is 4.05. The van der Waals surface area contributed by atoms with Crippen molar-refractivity contribution >= 4 is 23.2 Å². The van der Waals surface area contributed by atoms with E-state index in [1.807, 2.05) is 49.4 Å². The highest BCUT2D eigenvalue weighted by Crippen LogP contribution is 2.36. The maximum absolute atomic E-state index is 12.8. The van der Waals surface area contributed by atoms with Gasteiger partial charge in [0, 0.05) is 24.3 Å². The fourth-order valence-electron chi connectivity index (χ4n) is 4.05. The zero-order chi connectivity index (χ0) is 21.1. The van der Waals surface area contributed by atoms with Gasteiger partial charge in [0.1, 0.15) is 5.75 Å². The van der Waals surface area contributed by atoms with E-state index >= 15 is 0 Å². The zero-order valence-corrected chi connectivity index (χ0v) is 17.7. The summed E-state index contributed by atoms with van der Waals surface area (Å²) < 4.78 is 5.81. The van der Waals surface area contributed by atoms with E-state index in [4.69, 9.17) is 4.74 Å². The SMILES string of the molecule is Cc1ccc(C(=O)Nc2ccc3c(c2)N(CCN2CCCCC2)C(=O)C(C)O3)cc1. The third kappa shape index (κ3) is 4.49. The summed E-state index contributed by atoms with van der Waals surface area (Å²) in [6, 6.07) is 12.9. The van der Waals surface area contributed by atoms with E-state index in [0.29, 0.717) is 23.5 Å². The van der Waals surface area contributed by atoms with Gasteiger partial charge in [0.05, 0.1) is 5.69 Å². The highest BCUT2D eigenvalue weighted by atomic mass is 16.5. The quantitative estimate of drug-likeness (QED) is 0.818. The number of likely N-dealkylation sites (tertiary alicyclic amines) is 1.